The van der Waals surface area contributed by atoms with Crippen molar-refractivity contribution in [2.45, 2.75) is 6.92 Å². The van der Waals surface area contributed by atoms with Crippen LogP contribution in [0.4, 0.5) is 5.69 Å². The fraction of sp³-hybridized carbons (Fsp3) is 0.167. The van der Waals surface area contributed by atoms with E-state index in [1.165, 1.54) is 6.92 Å². The molecule has 0 radical (unpaired) electrons. The number of fused-ring (bicyclic) bond motifs is 1. The average Bonchev–Trinajstić information content (AvgIpc) is 2.76. The van der Waals surface area contributed by atoms with E-state index in [1.54, 1.807) is 24.3 Å². The summed E-state index contributed by atoms with van der Waals surface area (Å²) in [6, 6.07) is 6.49. The normalized spacial score (nSPS) is 13.6. The molecule has 1 amide bonds. The second-order valence-corrected chi connectivity index (χ2v) is 3.59. The summed E-state index contributed by atoms with van der Waals surface area (Å²) in [5.74, 6) is 0.130. The number of carbonyl (C=O) groups is 1. The zero-order chi connectivity index (χ0) is 13.1. The number of nitrogens with one attached hydrogen (secondary N) is 1. The number of nitriles is 1. The maximum absolute atomic E-state index is 11.7. The number of nitrogens with zero attached hydrogens (tertiary/aromatic N) is 1. The molecule has 6 nitrogen and oxygen atoms in total. The third-order valence-electron chi connectivity index (χ3n) is 2.33. The lowest BCUT2D eigenvalue weighted by Crippen LogP contribution is -2.14. The van der Waals surface area contributed by atoms with E-state index >= 15 is 0 Å². The number of allylic oxidation sites excluding steroid dienone is 1. The van der Waals surface area contributed by atoms with E-state index in [1.807, 2.05) is 0 Å². The molecule has 1 aliphatic rings. The van der Waals surface area contributed by atoms with Gasteiger partial charge in [0.05, 0.1) is 0 Å². The van der Waals surface area contributed by atoms with Crippen LogP contribution in [0.15, 0.2) is 29.5 Å². The molecule has 1 aliphatic heterocycles. The van der Waals surface area contributed by atoms with Gasteiger partial charge in [0.25, 0.3) is 5.91 Å². The minimum absolute atomic E-state index is 0.145. The molecule has 0 aromatic heterocycles. The number of ether oxygens (including phenoxy) is 2. The van der Waals surface area contributed by atoms with Crippen LogP contribution < -0.4 is 14.8 Å². The van der Waals surface area contributed by atoms with Gasteiger partial charge in [-0.15, -0.1) is 0 Å². The summed E-state index contributed by atoms with van der Waals surface area (Å²) in [7, 11) is 0. The monoisotopic (exact) mass is 246 g/mol. The fourth-order valence-corrected chi connectivity index (χ4v) is 1.46. The van der Waals surface area contributed by atoms with Crippen molar-refractivity contribution in [1.29, 1.82) is 5.26 Å². The molecule has 1 heterocycles. The molecule has 18 heavy (non-hydrogen) atoms. The summed E-state index contributed by atoms with van der Waals surface area (Å²) < 4.78 is 10.3. The number of anilines is 1. The highest BCUT2D eigenvalue weighted by Crippen LogP contribution is 2.34. The van der Waals surface area contributed by atoms with Crippen LogP contribution in [0.25, 0.3) is 0 Å². The zero-order valence-corrected chi connectivity index (χ0v) is 9.56. The first-order chi connectivity index (χ1) is 8.61. The maximum Gasteiger partial charge on any atom is 0.269 e. The Morgan fingerprint density at radius 1 is 1.44 bits per heavy atom. The SMILES string of the molecule is C/C(O)=C(\C#N)C(=O)Nc1ccc2c(c1)OCO2. The van der Waals surface area contributed by atoms with E-state index in [4.69, 9.17) is 19.8 Å². The summed E-state index contributed by atoms with van der Waals surface area (Å²) in [4.78, 5) is 11.7. The molecule has 0 unspecified atom stereocenters. The Morgan fingerprint density at radius 2 is 2.17 bits per heavy atom. The molecule has 0 saturated heterocycles. The number of amides is 1. The van der Waals surface area contributed by atoms with Crippen molar-refractivity contribution in [2.75, 3.05) is 12.1 Å². The largest absolute Gasteiger partial charge is 0.511 e. The number of hydrogen-bond acceptors (Lipinski definition) is 5. The average molecular weight is 246 g/mol. The van der Waals surface area contributed by atoms with E-state index in [9.17, 15) is 4.79 Å². The molecule has 6 heteroatoms. The lowest BCUT2D eigenvalue weighted by atomic mass is 10.2. The van der Waals surface area contributed by atoms with E-state index in [0.29, 0.717) is 17.2 Å². The van der Waals surface area contributed by atoms with Crippen LogP contribution >= 0.6 is 0 Å². The minimum Gasteiger partial charge on any atom is -0.511 e. The topological polar surface area (TPSA) is 91.6 Å². The highest BCUT2D eigenvalue weighted by Gasteiger charge is 2.16. The summed E-state index contributed by atoms with van der Waals surface area (Å²) in [5.41, 5.74) is 0.130. The number of aliphatic hydroxyl groups excluding tert-OH is 1. The van der Waals surface area contributed by atoms with Gasteiger partial charge < -0.3 is 19.9 Å². The van der Waals surface area contributed by atoms with Gasteiger partial charge in [-0.25, -0.2) is 0 Å². The van der Waals surface area contributed by atoms with E-state index in [0.717, 1.165) is 0 Å². The van der Waals surface area contributed by atoms with Crippen LogP contribution in [0.3, 0.4) is 0 Å². The molecule has 0 spiro atoms. The first-order valence-corrected chi connectivity index (χ1v) is 5.12. The van der Waals surface area contributed by atoms with Crippen molar-refractivity contribution in [3.05, 3.63) is 29.5 Å². The molecule has 0 fully saturated rings. The molecule has 0 saturated carbocycles. The Morgan fingerprint density at radius 3 is 2.83 bits per heavy atom. The fourth-order valence-electron chi connectivity index (χ4n) is 1.46. The van der Waals surface area contributed by atoms with Crippen LogP contribution in [0.2, 0.25) is 0 Å². The molecular weight excluding hydrogens is 236 g/mol. The van der Waals surface area contributed by atoms with Crippen molar-refractivity contribution in [1.82, 2.24) is 0 Å². The van der Waals surface area contributed by atoms with Gasteiger partial charge in [0.2, 0.25) is 6.79 Å². The lowest BCUT2D eigenvalue weighted by molar-refractivity contribution is -0.112. The first kappa shape index (κ1) is 11.8. The number of aliphatic hydroxyl groups is 1. The smallest absolute Gasteiger partial charge is 0.269 e. The molecule has 0 atom stereocenters. The van der Waals surface area contributed by atoms with Crippen molar-refractivity contribution >= 4 is 11.6 Å². The summed E-state index contributed by atoms with van der Waals surface area (Å²) in [5, 5.41) is 20.4. The van der Waals surface area contributed by atoms with Crippen LogP contribution in [0.1, 0.15) is 6.92 Å². The second-order valence-electron chi connectivity index (χ2n) is 3.59. The van der Waals surface area contributed by atoms with Gasteiger partial charge in [-0.05, 0) is 19.1 Å². The van der Waals surface area contributed by atoms with Crippen molar-refractivity contribution in [3.8, 4) is 17.6 Å². The number of carbonyl (C=O) groups excluding carboxylic acids is 1. The Kier molecular flexibility index (Phi) is 3.06. The standard InChI is InChI=1S/C12H10N2O4/c1-7(15)9(5-13)12(16)14-8-2-3-10-11(4-8)18-6-17-10/h2-4,15H,6H2,1H3,(H,14,16)/b9-7-. The summed E-state index contributed by atoms with van der Waals surface area (Å²) in [6.45, 7) is 1.42. The van der Waals surface area contributed by atoms with E-state index in [2.05, 4.69) is 5.32 Å². The van der Waals surface area contributed by atoms with E-state index in [-0.39, 0.29) is 18.1 Å². The predicted molar refractivity (Wildman–Crippen MR) is 62.1 cm³/mol. The maximum atomic E-state index is 11.7. The highest BCUT2D eigenvalue weighted by atomic mass is 16.7. The highest BCUT2D eigenvalue weighted by molar-refractivity contribution is 6.06. The van der Waals surface area contributed by atoms with Gasteiger partial charge in [-0.3, -0.25) is 4.79 Å². The van der Waals surface area contributed by atoms with Crippen molar-refractivity contribution < 1.29 is 19.4 Å². The Bertz CT molecular complexity index is 568. The number of benzene rings is 1. The molecule has 92 valence electrons. The van der Waals surface area contributed by atoms with Crippen LogP contribution in [-0.2, 0) is 4.79 Å². The molecule has 2 N–H and O–H groups in total. The Hall–Kier alpha value is -2.68. The van der Waals surface area contributed by atoms with Crippen LogP contribution in [-0.4, -0.2) is 17.8 Å². The zero-order valence-electron chi connectivity index (χ0n) is 9.56. The number of hydrogen-bond donors (Lipinski definition) is 2. The second kappa shape index (κ2) is 4.67. The third kappa shape index (κ3) is 2.20. The summed E-state index contributed by atoms with van der Waals surface area (Å²) >= 11 is 0. The molecule has 2 rings (SSSR count). The Balaban J connectivity index is 2.18. The quantitative estimate of drug-likeness (QED) is 0.471. The van der Waals surface area contributed by atoms with E-state index < -0.39 is 5.91 Å². The van der Waals surface area contributed by atoms with Gasteiger partial charge in [0.1, 0.15) is 11.8 Å². The van der Waals surface area contributed by atoms with Gasteiger partial charge in [-0.1, -0.05) is 0 Å². The molecule has 0 bridgehead atoms. The molecule has 1 aromatic carbocycles. The van der Waals surface area contributed by atoms with Gasteiger partial charge in [0.15, 0.2) is 17.1 Å². The van der Waals surface area contributed by atoms with Crippen molar-refractivity contribution in [3.63, 3.8) is 0 Å². The van der Waals surface area contributed by atoms with Gasteiger partial charge >= 0.3 is 0 Å². The molecule has 0 aliphatic carbocycles. The Labute approximate surface area is 103 Å². The van der Waals surface area contributed by atoms with Crippen molar-refractivity contribution in [2.24, 2.45) is 0 Å². The van der Waals surface area contributed by atoms with Crippen LogP contribution in [0, 0.1) is 11.3 Å². The first-order valence-electron chi connectivity index (χ1n) is 5.12. The lowest BCUT2D eigenvalue weighted by Gasteiger charge is -2.05. The minimum atomic E-state index is -0.670. The number of rotatable bonds is 2. The van der Waals surface area contributed by atoms with Gasteiger partial charge in [-0.2, -0.15) is 5.26 Å². The van der Waals surface area contributed by atoms with Gasteiger partial charge in [0, 0.05) is 11.8 Å². The predicted octanol–water partition coefficient (Wildman–Crippen LogP) is 1.71. The third-order valence-corrected chi connectivity index (χ3v) is 2.33. The van der Waals surface area contributed by atoms with Crippen LogP contribution in [0.5, 0.6) is 11.5 Å². The summed E-state index contributed by atoms with van der Waals surface area (Å²) in [6.07, 6.45) is 0. The molecular formula is C12H10N2O4. The molecule has 1 aromatic rings.